The third-order valence-corrected chi connectivity index (χ3v) is 12.0. The Hall–Kier alpha value is -2.20. The summed E-state index contributed by atoms with van der Waals surface area (Å²) in [6.45, 7) is 5.96. The summed E-state index contributed by atoms with van der Waals surface area (Å²) in [7, 11) is 0. The van der Waals surface area contributed by atoms with Gasteiger partial charge < -0.3 is 28.4 Å². The minimum absolute atomic E-state index is 0.0631. The van der Waals surface area contributed by atoms with Crippen molar-refractivity contribution < 1.29 is 47.6 Å². The van der Waals surface area contributed by atoms with Gasteiger partial charge in [0.25, 0.3) is 0 Å². The van der Waals surface area contributed by atoms with Crippen molar-refractivity contribution in [2.75, 3.05) is 26.4 Å². The van der Waals surface area contributed by atoms with E-state index in [0.717, 1.165) is 64.2 Å². The van der Waals surface area contributed by atoms with E-state index in [9.17, 15) is 19.2 Å². The molecule has 0 amide bonds. The highest BCUT2D eigenvalue weighted by atomic mass is 16.6. The molecule has 10 nitrogen and oxygen atoms in total. The van der Waals surface area contributed by atoms with Crippen LogP contribution in [0.5, 0.6) is 0 Å². The van der Waals surface area contributed by atoms with E-state index in [1.807, 2.05) is 0 Å². The fourth-order valence-electron chi connectivity index (χ4n) is 8.39. The first-order valence-corrected chi connectivity index (χ1v) is 22.4. The van der Waals surface area contributed by atoms with Crippen LogP contribution >= 0.6 is 0 Å². The Labute approximate surface area is 326 Å². The lowest BCUT2D eigenvalue weighted by Gasteiger charge is -2.26. The lowest BCUT2D eigenvalue weighted by Crippen LogP contribution is -2.37. The van der Waals surface area contributed by atoms with Crippen molar-refractivity contribution in [3.8, 4) is 0 Å². The van der Waals surface area contributed by atoms with Crippen LogP contribution in [0.1, 0.15) is 181 Å². The van der Waals surface area contributed by atoms with E-state index in [2.05, 4.69) is 13.8 Å². The molecule has 0 radical (unpaired) electrons. The first kappa shape index (κ1) is 44.5. The highest BCUT2D eigenvalue weighted by Gasteiger charge is 2.54. The first-order valence-electron chi connectivity index (χ1n) is 22.4. The van der Waals surface area contributed by atoms with E-state index < -0.39 is 23.7 Å². The number of carbonyl (C=O) groups is 4. The number of epoxide rings is 2. The van der Waals surface area contributed by atoms with Gasteiger partial charge in [0.05, 0.1) is 74.5 Å². The van der Waals surface area contributed by atoms with Gasteiger partial charge in [-0.15, -0.1) is 0 Å². The van der Waals surface area contributed by atoms with E-state index in [1.54, 1.807) is 0 Å². The number of hydrogen-bond acceptors (Lipinski definition) is 10. The Kier molecular flexibility index (Phi) is 21.3. The van der Waals surface area contributed by atoms with Crippen molar-refractivity contribution in [3.05, 3.63) is 0 Å². The Balaban J connectivity index is 0.998. The monoisotopic (exact) mass is 763 g/mol. The van der Waals surface area contributed by atoms with Gasteiger partial charge in [-0.25, -0.2) is 0 Å². The predicted molar refractivity (Wildman–Crippen MR) is 207 cm³/mol. The zero-order valence-electron chi connectivity index (χ0n) is 33.9. The van der Waals surface area contributed by atoms with Gasteiger partial charge in [-0.3, -0.25) is 19.2 Å². The summed E-state index contributed by atoms with van der Waals surface area (Å²) in [4.78, 5) is 51.9. The van der Waals surface area contributed by atoms with E-state index in [0.29, 0.717) is 52.1 Å². The second kappa shape index (κ2) is 25.9. The third-order valence-electron chi connectivity index (χ3n) is 12.0. The average Bonchev–Trinajstić information content (AvgIpc) is 4.11. The molecule has 2 saturated heterocycles. The molecular formula is C44H74O10. The van der Waals surface area contributed by atoms with Crippen molar-refractivity contribution in [2.24, 2.45) is 23.7 Å². The maximum atomic E-state index is 13.0. The van der Waals surface area contributed by atoms with Gasteiger partial charge in [0.2, 0.25) is 0 Å². The van der Waals surface area contributed by atoms with Crippen molar-refractivity contribution in [1.82, 2.24) is 0 Å². The molecule has 2 aliphatic heterocycles. The molecule has 0 aromatic rings. The summed E-state index contributed by atoms with van der Waals surface area (Å²) >= 11 is 0. The van der Waals surface area contributed by atoms with Crippen LogP contribution in [0, 0.1) is 23.7 Å². The number of ether oxygens (including phenoxy) is 6. The summed E-state index contributed by atoms with van der Waals surface area (Å²) in [6.07, 6.45) is 26.8. The first-order chi connectivity index (χ1) is 26.4. The molecule has 0 spiro atoms. The Morgan fingerprint density at radius 2 is 0.556 bits per heavy atom. The van der Waals surface area contributed by atoms with Crippen LogP contribution in [0.2, 0.25) is 0 Å². The molecule has 2 aliphatic carbocycles. The van der Waals surface area contributed by atoms with E-state index in [1.165, 1.54) is 77.0 Å². The summed E-state index contributed by atoms with van der Waals surface area (Å²) in [5, 5.41) is 0. The normalized spacial score (nSPS) is 26.6. The average molecular weight is 763 g/mol. The molecule has 0 N–H and O–H groups in total. The summed E-state index contributed by atoms with van der Waals surface area (Å²) in [6, 6.07) is 0. The molecule has 8 unspecified atom stereocenters. The van der Waals surface area contributed by atoms with Gasteiger partial charge in [-0.1, -0.05) is 129 Å². The Morgan fingerprint density at radius 1 is 0.352 bits per heavy atom. The number of fused-ring (bicyclic) bond motifs is 2. The molecule has 4 aliphatic rings. The van der Waals surface area contributed by atoms with Gasteiger partial charge in [-0.05, 0) is 51.4 Å². The van der Waals surface area contributed by atoms with E-state index >= 15 is 0 Å². The van der Waals surface area contributed by atoms with Crippen molar-refractivity contribution >= 4 is 23.9 Å². The zero-order chi connectivity index (χ0) is 38.4. The zero-order valence-corrected chi connectivity index (χ0v) is 33.9. The molecule has 0 bridgehead atoms. The number of carbonyl (C=O) groups excluding carboxylic acids is 4. The molecule has 0 aromatic heterocycles. The molecule has 54 heavy (non-hydrogen) atoms. The predicted octanol–water partition coefficient (Wildman–Crippen LogP) is 9.37. The third kappa shape index (κ3) is 16.5. The number of esters is 4. The highest BCUT2D eigenvalue weighted by Crippen LogP contribution is 2.45. The maximum Gasteiger partial charge on any atom is 0.309 e. The maximum absolute atomic E-state index is 13.0. The highest BCUT2D eigenvalue weighted by molar-refractivity contribution is 5.83. The van der Waals surface area contributed by atoms with Gasteiger partial charge in [-0.2, -0.15) is 0 Å². The topological polar surface area (TPSA) is 130 Å². The van der Waals surface area contributed by atoms with E-state index in [4.69, 9.17) is 28.4 Å². The smallest absolute Gasteiger partial charge is 0.309 e. The van der Waals surface area contributed by atoms with E-state index in [-0.39, 0.29) is 48.3 Å². The molecule has 10 heteroatoms. The minimum Gasteiger partial charge on any atom is -0.465 e. The van der Waals surface area contributed by atoms with Crippen LogP contribution < -0.4 is 0 Å². The van der Waals surface area contributed by atoms with Crippen LogP contribution in [0.15, 0.2) is 0 Å². The van der Waals surface area contributed by atoms with Crippen molar-refractivity contribution in [1.29, 1.82) is 0 Å². The van der Waals surface area contributed by atoms with Crippen molar-refractivity contribution in [3.63, 3.8) is 0 Å². The number of unbranched alkanes of at least 4 members (excludes halogenated alkanes) is 19. The molecule has 8 atom stereocenters. The van der Waals surface area contributed by atoms with Crippen LogP contribution in [0.3, 0.4) is 0 Å². The number of rotatable bonds is 31. The fraction of sp³-hybridized carbons (Fsp3) is 0.909. The summed E-state index contributed by atoms with van der Waals surface area (Å²) in [5.74, 6) is -3.12. The lowest BCUT2D eigenvalue weighted by molar-refractivity contribution is -0.162. The lowest BCUT2D eigenvalue weighted by atomic mass is 9.79. The molecular weight excluding hydrogens is 688 g/mol. The molecule has 310 valence electrons. The second-order valence-electron chi connectivity index (χ2n) is 16.5. The second-order valence-corrected chi connectivity index (χ2v) is 16.5. The standard InChI is InChI=1S/C44H74O10/c1-3-5-7-9-11-13-17-21-25-49-41(45)33-29-37-39(53-37)31-35(33)43(47)51-27-23-19-15-16-20-24-28-52-44(48)36-32-40-38(54-40)30-34(36)42(46)50-26-22-18-14-12-10-8-6-4-2/h33-40H,3-32H2,1-2H3. The SMILES string of the molecule is CCCCCCCCCCOC(=O)C1CC2OC2CC1C(=O)OCCCCCCCCOC(=O)C1CC2OC2CC1C(=O)OCCCCCCCCCC. The summed E-state index contributed by atoms with van der Waals surface area (Å²) < 4.78 is 33.8. The van der Waals surface area contributed by atoms with Gasteiger partial charge in [0.1, 0.15) is 0 Å². The molecule has 0 aromatic carbocycles. The van der Waals surface area contributed by atoms with Gasteiger partial charge >= 0.3 is 23.9 Å². The van der Waals surface area contributed by atoms with Gasteiger partial charge in [0.15, 0.2) is 0 Å². The summed E-state index contributed by atoms with van der Waals surface area (Å²) in [5.41, 5.74) is 0. The van der Waals surface area contributed by atoms with Crippen molar-refractivity contribution in [2.45, 2.75) is 205 Å². The molecule has 2 saturated carbocycles. The Morgan fingerprint density at radius 3 is 0.778 bits per heavy atom. The van der Waals surface area contributed by atoms with Crippen LogP contribution in [-0.2, 0) is 47.6 Å². The fourth-order valence-corrected chi connectivity index (χ4v) is 8.39. The van der Waals surface area contributed by atoms with Crippen LogP contribution in [-0.4, -0.2) is 74.7 Å². The molecule has 4 rings (SSSR count). The van der Waals surface area contributed by atoms with Gasteiger partial charge in [0, 0.05) is 0 Å². The quantitative estimate of drug-likeness (QED) is 0.0291. The largest absolute Gasteiger partial charge is 0.465 e. The molecule has 4 fully saturated rings. The molecule has 2 heterocycles. The number of hydrogen-bond donors (Lipinski definition) is 0. The Bertz CT molecular complexity index is 1010. The minimum atomic E-state index is -0.491. The van der Waals surface area contributed by atoms with Crippen LogP contribution in [0.25, 0.3) is 0 Å². The van der Waals surface area contributed by atoms with Crippen LogP contribution in [0.4, 0.5) is 0 Å².